The highest BCUT2D eigenvalue weighted by Crippen LogP contribution is 2.31. The van der Waals surface area contributed by atoms with Gasteiger partial charge in [0.05, 0.1) is 12.4 Å². The summed E-state index contributed by atoms with van der Waals surface area (Å²) in [5, 5.41) is 3.49. The first-order chi connectivity index (χ1) is 11.4. The van der Waals surface area contributed by atoms with Crippen LogP contribution in [-0.4, -0.2) is 37.2 Å². The number of aryl methyl sites for hydroxylation is 1. The molecule has 1 fully saturated rings. The summed E-state index contributed by atoms with van der Waals surface area (Å²) in [4.78, 5) is 17.3. The summed E-state index contributed by atoms with van der Waals surface area (Å²) in [6, 6.07) is 4.11. The number of ether oxygens (including phenoxy) is 1. The molecule has 23 heavy (non-hydrogen) atoms. The van der Waals surface area contributed by atoms with Crippen LogP contribution in [0.4, 0.5) is 5.82 Å². The Hall–Kier alpha value is -2.54. The third-order valence-electron chi connectivity index (χ3n) is 4.17. The van der Waals surface area contributed by atoms with Gasteiger partial charge in [0.1, 0.15) is 17.9 Å². The van der Waals surface area contributed by atoms with Crippen LogP contribution < -0.4 is 5.32 Å². The molecule has 1 aliphatic rings. The van der Waals surface area contributed by atoms with Crippen LogP contribution in [0.5, 0.6) is 0 Å². The van der Waals surface area contributed by atoms with E-state index in [1.54, 1.807) is 18.9 Å². The Morgan fingerprint density at radius 2 is 2.30 bits per heavy atom. The third kappa shape index (κ3) is 2.53. The second-order valence-corrected chi connectivity index (χ2v) is 5.54. The number of anilines is 1. The minimum Gasteiger partial charge on any atom is -0.371 e. The zero-order chi connectivity index (χ0) is 15.6. The maximum absolute atomic E-state index is 5.89. The Morgan fingerprint density at radius 3 is 3.13 bits per heavy atom. The summed E-state index contributed by atoms with van der Waals surface area (Å²) in [5.41, 5.74) is 2.72. The molecule has 0 saturated carbocycles. The van der Waals surface area contributed by atoms with Crippen molar-refractivity contribution in [2.75, 3.05) is 11.9 Å². The van der Waals surface area contributed by atoms with Crippen molar-refractivity contribution in [3.05, 3.63) is 42.7 Å². The van der Waals surface area contributed by atoms with Gasteiger partial charge in [0.2, 0.25) is 0 Å². The number of fused-ring (bicyclic) bond motifs is 1. The molecule has 0 amide bonds. The maximum Gasteiger partial charge on any atom is 0.165 e. The molecule has 3 aromatic rings. The highest BCUT2D eigenvalue weighted by atomic mass is 16.5. The van der Waals surface area contributed by atoms with Gasteiger partial charge in [-0.2, -0.15) is 0 Å². The predicted molar refractivity (Wildman–Crippen MR) is 86.0 cm³/mol. The fourth-order valence-corrected chi connectivity index (χ4v) is 3.00. The average Bonchev–Trinajstić information content (AvgIpc) is 3.22. The summed E-state index contributed by atoms with van der Waals surface area (Å²) in [5.74, 6) is 0.756. The molecule has 1 N–H and O–H groups in total. The molecule has 118 valence electrons. The molecular formula is C16H18N6O. The smallest absolute Gasteiger partial charge is 0.165 e. The van der Waals surface area contributed by atoms with Gasteiger partial charge in [-0.1, -0.05) is 6.07 Å². The number of aromatic nitrogens is 5. The van der Waals surface area contributed by atoms with Gasteiger partial charge in [-0.3, -0.25) is 4.98 Å². The molecule has 0 spiro atoms. The van der Waals surface area contributed by atoms with Crippen LogP contribution in [0.25, 0.3) is 11.2 Å². The van der Waals surface area contributed by atoms with Crippen molar-refractivity contribution < 1.29 is 4.74 Å². The summed E-state index contributed by atoms with van der Waals surface area (Å²) >= 11 is 0. The van der Waals surface area contributed by atoms with E-state index in [9.17, 15) is 0 Å². The molecule has 0 aliphatic carbocycles. The number of hydrogen-bond donors (Lipinski definition) is 1. The van der Waals surface area contributed by atoms with Crippen molar-refractivity contribution in [2.45, 2.75) is 32.0 Å². The molecule has 4 rings (SSSR count). The fourth-order valence-electron chi connectivity index (χ4n) is 3.00. The van der Waals surface area contributed by atoms with Crippen LogP contribution in [0, 0.1) is 0 Å². The minimum atomic E-state index is -0.0259. The molecule has 0 radical (unpaired) electrons. The zero-order valence-electron chi connectivity index (χ0n) is 12.9. The zero-order valence-corrected chi connectivity index (χ0v) is 12.9. The Kier molecular flexibility index (Phi) is 3.63. The Labute approximate surface area is 133 Å². The Balaban J connectivity index is 1.64. The average molecular weight is 310 g/mol. The first-order valence-corrected chi connectivity index (χ1v) is 7.80. The molecule has 2 atom stereocenters. The third-order valence-corrected chi connectivity index (χ3v) is 4.17. The van der Waals surface area contributed by atoms with Gasteiger partial charge in [0, 0.05) is 31.1 Å². The largest absolute Gasteiger partial charge is 0.371 e. The number of imidazole rings is 1. The lowest BCUT2D eigenvalue weighted by atomic mass is 10.0. The molecule has 3 aromatic heterocycles. The predicted octanol–water partition coefficient (Wildman–Crippen LogP) is 2.18. The van der Waals surface area contributed by atoms with Crippen LogP contribution in [0.1, 0.15) is 25.0 Å². The molecule has 7 nitrogen and oxygen atoms in total. The van der Waals surface area contributed by atoms with Gasteiger partial charge in [-0.15, -0.1) is 0 Å². The standard InChI is InChI=1S/C16H18N6O/c1-2-22-10-20-13-15(18-9-19-16(13)22)21-12-5-7-23-14(12)11-4-3-6-17-8-11/h3-4,6,8-10,12,14H,2,5,7H2,1H3,(H,18,19,21)/t12-,14+/m0/s1. The van der Waals surface area contributed by atoms with Crippen LogP contribution in [0.15, 0.2) is 37.2 Å². The van der Waals surface area contributed by atoms with Crippen molar-refractivity contribution in [2.24, 2.45) is 0 Å². The summed E-state index contributed by atoms with van der Waals surface area (Å²) < 4.78 is 7.90. The Morgan fingerprint density at radius 1 is 1.35 bits per heavy atom. The second kappa shape index (κ2) is 5.92. The van der Waals surface area contributed by atoms with E-state index in [2.05, 4.69) is 32.2 Å². The van der Waals surface area contributed by atoms with E-state index < -0.39 is 0 Å². The summed E-state index contributed by atoms with van der Waals surface area (Å²) in [6.45, 7) is 3.62. The quantitative estimate of drug-likeness (QED) is 0.796. The first kappa shape index (κ1) is 14.1. The molecule has 0 unspecified atom stereocenters. The number of hydrogen-bond acceptors (Lipinski definition) is 6. The Bertz CT molecular complexity index is 803. The van der Waals surface area contributed by atoms with Crippen molar-refractivity contribution in [3.8, 4) is 0 Å². The lowest BCUT2D eigenvalue weighted by molar-refractivity contribution is 0.107. The van der Waals surface area contributed by atoms with Gasteiger partial charge >= 0.3 is 0 Å². The van der Waals surface area contributed by atoms with Gasteiger partial charge in [-0.05, 0) is 19.4 Å². The van der Waals surface area contributed by atoms with Gasteiger partial charge in [-0.25, -0.2) is 15.0 Å². The first-order valence-electron chi connectivity index (χ1n) is 7.80. The van der Waals surface area contributed by atoms with Gasteiger partial charge in [0.25, 0.3) is 0 Å². The summed E-state index contributed by atoms with van der Waals surface area (Å²) in [7, 11) is 0. The van der Waals surface area contributed by atoms with E-state index in [1.807, 2.05) is 22.9 Å². The number of rotatable bonds is 4. The van der Waals surface area contributed by atoms with E-state index in [0.717, 1.165) is 42.1 Å². The van der Waals surface area contributed by atoms with Crippen molar-refractivity contribution >= 4 is 17.0 Å². The lowest BCUT2D eigenvalue weighted by Gasteiger charge is -2.20. The maximum atomic E-state index is 5.89. The van der Waals surface area contributed by atoms with Crippen molar-refractivity contribution in [3.63, 3.8) is 0 Å². The fraction of sp³-hybridized carbons (Fsp3) is 0.375. The molecular weight excluding hydrogens is 292 g/mol. The van der Waals surface area contributed by atoms with E-state index >= 15 is 0 Å². The number of nitrogens with one attached hydrogen (secondary N) is 1. The SMILES string of the molecule is CCn1cnc2c(N[C@H]3CCO[C@@H]3c3cccnc3)ncnc21. The lowest BCUT2D eigenvalue weighted by Crippen LogP contribution is -2.24. The molecule has 7 heteroatoms. The molecule has 1 aliphatic heterocycles. The van der Waals surface area contributed by atoms with E-state index in [0.29, 0.717) is 0 Å². The molecule has 0 aromatic carbocycles. The van der Waals surface area contributed by atoms with Crippen LogP contribution in [-0.2, 0) is 11.3 Å². The van der Waals surface area contributed by atoms with Gasteiger partial charge in [0.15, 0.2) is 11.5 Å². The van der Waals surface area contributed by atoms with Crippen LogP contribution in [0.3, 0.4) is 0 Å². The van der Waals surface area contributed by atoms with Crippen LogP contribution >= 0.6 is 0 Å². The monoisotopic (exact) mass is 310 g/mol. The topological polar surface area (TPSA) is 77.8 Å². The molecule has 0 bridgehead atoms. The van der Waals surface area contributed by atoms with E-state index in [4.69, 9.17) is 4.74 Å². The second-order valence-electron chi connectivity index (χ2n) is 5.54. The highest BCUT2D eigenvalue weighted by Gasteiger charge is 2.30. The van der Waals surface area contributed by atoms with Crippen molar-refractivity contribution in [1.82, 2.24) is 24.5 Å². The van der Waals surface area contributed by atoms with Crippen molar-refractivity contribution in [1.29, 1.82) is 0 Å². The minimum absolute atomic E-state index is 0.0259. The van der Waals surface area contributed by atoms with Gasteiger partial charge < -0.3 is 14.6 Å². The van der Waals surface area contributed by atoms with E-state index in [1.165, 1.54) is 0 Å². The number of pyridine rings is 1. The summed E-state index contributed by atoms with van der Waals surface area (Å²) in [6.07, 6.45) is 7.89. The van der Waals surface area contributed by atoms with E-state index in [-0.39, 0.29) is 12.1 Å². The normalized spacial score (nSPS) is 20.9. The highest BCUT2D eigenvalue weighted by molar-refractivity contribution is 5.82. The van der Waals surface area contributed by atoms with Crippen LogP contribution in [0.2, 0.25) is 0 Å². The molecule has 1 saturated heterocycles. The molecule has 4 heterocycles. The number of nitrogens with zero attached hydrogens (tertiary/aromatic N) is 5.